The lowest BCUT2D eigenvalue weighted by Gasteiger charge is -2.39. The van der Waals surface area contributed by atoms with Crippen molar-refractivity contribution in [2.24, 2.45) is 5.73 Å². The summed E-state index contributed by atoms with van der Waals surface area (Å²) in [6.45, 7) is 7.27. The van der Waals surface area contributed by atoms with Crippen molar-refractivity contribution in [1.29, 1.82) is 0 Å². The smallest absolute Gasteiger partial charge is 0.0344 e. The summed E-state index contributed by atoms with van der Waals surface area (Å²) in [6, 6.07) is 2.00. The molecule has 0 radical (unpaired) electrons. The molecule has 0 aromatic carbocycles. The first-order valence-electron chi connectivity index (χ1n) is 4.37. The van der Waals surface area contributed by atoms with E-state index in [1.54, 1.807) is 0 Å². The molecule has 0 aliphatic carbocycles. The molecule has 66 valence electrons. The maximum atomic E-state index is 5.60. The van der Waals surface area contributed by atoms with Gasteiger partial charge in [0, 0.05) is 30.7 Å². The molecule has 4 atom stereocenters. The molecule has 1 heterocycles. The van der Waals surface area contributed by atoms with E-state index in [9.17, 15) is 0 Å². The van der Waals surface area contributed by atoms with Crippen LogP contribution >= 0.6 is 0 Å². The number of hydrogen-bond acceptors (Lipinski definition) is 3. The van der Waals surface area contributed by atoms with Crippen LogP contribution in [0, 0.1) is 0 Å². The Morgan fingerprint density at radius 2 is 1.55 bits per heavy atom. The van der Waals surface area contributed by atoms with Gasteiger partial charge in [-0.3, -0.25) is 0 Å². The minimum Gasteiger partial charge on any atom is -0.329 e. The largest absolute Gasteiger partial charge is 0.329 e. The van der Waals surface area contributed by atoms with E-state index in [0.29, 0.717) is 30.7 Å². The van der Waals surface area contributed by atoms with Gasteiger partial charge in [0.05, 0.1) is 0 Å². The second-order valence-corrected chi connectivity index (χ2v) is 3.54. The quantitative estimate of drug-likeness (QED) is 0.488. The Balaban J connectivity index is 2.48. The van der Waals surface area contributed by atoms with Gasteiger partial charge in [-0.25, -0.2) is 0 Å². The summed E-state index contributed by atoms with van der Waals surface area (Å²) in [7, 11) is 0. The van der Waals surface area contributed by atoms with Crippen LogP contribution in [0.3, 0.4) is 0 Å². The van der Waals surface area contributed by atoms with E-state index in [2.05, 4.69) is 31.4 Å². The van der Waals surface area contributed by atoms with Gasteiger partial charge in [0.15, 0.2) is 0 Å². The molecule has 0 aromatic heterocycles. The Hall–Kier alpha value is -0.120. The highest BCUT2D eigenvalue weighted by atomic mass is 15.1. The summed E-state index contributed by atoms with van der Waals surface area (Å²) >= 11 is 0. The van der Waals surface area contributed by atoms with Gasteiger partial charge in [0.25, 0.3) is 0 Å². The Labute approximate surface area is 68.7 Å². The number of rotatable bonds is 1. The zero-order valence-corrected chi connectivity index (χ0v) is 7.59. The van der Waals surface area contributed by atoms with Gasteiger partial charge in [0.1, 0.15) is 0 Å². The predicted molar refractivity (Wildman–Crippen MR) is 47.5 cm³/mol. The lowest BCUT2D eigenvalue weighted by molar-refractivity contribution is 0.242. The van der Waals surface area contributed by atoms with Crippen molar-refractivity contribution in [3.8, 4) is 0 Å². The average Bonchev–Trinajstić information content (AvgIpc) is 1.97. The van der Waals surface area contributed by atoms with Gasteiger partial charge < -0.3 is 16.4 Å². The molecule has 3 heteroatoms. The van der Waals surface area contributed by atoms with Crippen molar-refractivity contribution in [2.75, 3.05) is 6.54 Å². The molecular formula is C8H19N3. The fraction of sp³-hybridized carbons (Fsp3) is 1.00. The van der Waals surface area contributed by atoms with Crippen LogP contribution in [0.5, 0.6) is 0 Å². The SMILES string of the molecule is C[C@@H]1N[C@@H](C)[C@@H](CN)N[C@H]1C. The van der Waals surface area contributed by atoms with Crippen LogP contribution in [-0.4, -0.2) is 30.7 Å². The zero-order valence-electron chi connectivity index (χ0n) is 7.59. The second-order valence-electron chi connectivity index (χ2n) is 3.54. The molecule has 4 N–H and O–H groups in total. The zero-order chi connectivity index (χ0) is 8.43. The first-order valence-corrected chi connectivity index (χ1v) is 4.37. The number of nitrogens with two attached hydrogens (primary N) is 1. The van der Waals surface area contributed by atoms with Crippen LogP contribution in [0.2, 0.25) is 0 Å². The van der Waals surface area contributed by atoms with E-state index >= 15 is 0 Å². The average molecular weight is 157 g/mol. The molecule has 0 aromatic rings. The highest BCUT2D eigenvalue weighted by molar-refractivity contribution is 4.92. The van der Waals surface area contributed by atoms with Gasteiger partial charge in [0.2, 0.25) is 0 Å². The molecule has 0 saturated carbocycles. The molecule has 1 rings (SSSR count). The Morgan fingerprint density at radius 1 is 1.00 bits per heavy atom. The van der Waals surface area contributed by atoms with Gasteiger partial charge in [-0.1, -0.05) is 0 Å². The maximum Gasteiger partial charge on any atom is 0.0344 e. The van der Waals surface area contributed by atoms with E-state index in [0.717, 1.165) is 0 Å². The molecule has 1 aliphatic rings. The third kappa shape index (κ3) is 1.92. The number of piperazine rings is 1. The molecule has 1 saturated heterocycles. The van der Waals surface area contributed by atoms with Crippen LogP contribution in [0.4, 0.5) is 0 Å². The van der Waals surface area contributed by atoms with Gasteiger partial charge in [-0.15, -0.1) is 0 Å². The summed E-state index contributed by atoms with van der Waals surface area (Å²) in [5.41, 5.74) is 5.60. The molecule has 0 unspecified atom stereocenters. The topological polar surface area (TPSA) is 50.1 Å². The number of hydrogen-bond donors (Lipinski definition) is 3. The molecular weight excluding hydrogens is 138 g/mol. The molecule has 1 aliphatic heterocycles. The van der Waals surface area contributed by atoms with Gasteiger partial charge in [-0.05, 0) is 20.8 Å². The fourth-order valence-electron chi connectivity index (χ4n) is 1.57. The van der Waals surface area contributed by atoms with Crippen molar-refractivity contribution in [2.45, 2.75) is 44.9 Å². The molecule has 0 bridgehead atoms. The van der Waals surface area contributed by atoms with Crippen LogP contribution < -0.4 is 16.4 Å². The van der Waals surface area contributed by atoms with Gasteiger partial charge >= 0.3 is 0 Å². The number of nitrogens with one attached hydrogen (secondary N) is 2. The normalized spacial score (nSPS) is 45.8. The summed E-state index contributed by atoms with van der Waals surface area (Å²) < 4.78 is 0. The molecule has 3 nitrogen and oxygen atoms in total. The standard InChI is InChI=1S/C8H19N3/c1-5-6(2)11-8(4-9)7(3)10-5/h5-8,10-11H,4,9H2,1-3H3/t5-,6-,7-,8+/m0/s1. The van der Waals surface area contributed by atoms with Crippen LogP contribution in [-0.2, 0) is 0 Å². The van der Waals surface area contributed by atoms with Crippen LogP contribution in [0.15, 0.2) is 0 Å². The predicted octanol–water partition coefficient (Wildman–Crippen LogP) is -0.328. The third-order valence-corrected chi connectivity index (χ3v) is 2.61. The Bertz CT molecular complexity index is 127. The lowest BCUT2D eigenvalue weighted by Crippen LogP contribution is -2.65. The highest BCUT2D eigenvalue weighted by Gasteiger charge is 2.27. The summed E-state index contributed by atoms with van der Waals surface area (Å²) in [4.78, 5) is 0. The van der Waals surface area contributed by atoms with Crippen molar-refractivity contribution in [3.63, 3.8) is 0 Å². The minimum atomic E-state index is 0.432. The second kappa shape index (κ2) is 3.52. The van der Waals surface area contributed by atoms with Crippen molar-refractivity contribution in [1.82, 2.24) is 10.6 Å². The Morgan fingerprint density at radius 3 is 2.09 bits per heavy atom. The first kappa shape index (κ1) is 8.97. The summed E-state index contributed by atoms with van der Waals surface area (Å²) in [5, 5.41) is 6.97. The summed E-state index contributed by atoms with van der Waals surface area (Å²) in [6.07, 6.45) is 0. The van der Waals surface area contributed by atoms with Crippen LogP contribution in [0.1, 0.15) is 20.8 Å². The highest BCUT2D eigenvalue weighted by Crippen LogP contribution is 2.05. The lowest BCUT2D eigenvalue weighted by atomic mass is 10.00. The minimum absolute atomic E-state index is 0.432. The van der Waals surface area contributed by atoms with E-state index in [4.69, 9.17) is 5.73 Å². The van der Waals surface area contributed by atoms with E-state index in [1.165, 1.54) is 0 Å². The fourth-order valence-corrected chi connectivity index (χ4v) is 1.57. The molecule has 1 fully saturated rings. The Kier molecular flexibility index (Phi) is 2.87. The van der Waals surface area contributed by atoms with Crippen molar-refractivity contribution in [3.05, 3.63) is 0 Å². The monoisotopic (exact) mass is 157 g/mol. The van der Waals surface area contributed by atoms with Crippen molar-refractivity contribution < 1.29 is 0 Å². The van der Waals surface area contributed by atoms with E-state index in [1.807, 2.05) is 0 Å². The third-order valence-electron chi connectivity index (χ3n) is 2.61. The molecule has 11 heavy (non-hydrogen) atoms. The van der Waals surface area contributed by atoms with E-state index < -0.39 is 0 Å². The molecule has 0 amide bonds. The van der Waals surface area contributed by atoms with Crippen LogP contribution in [0.25, 0.3) is 0 Å². The summed E-state index contributed by atoms with van der Waals surface area (Å²) in [5.74, 6) is 0. The van der Waals surface area contributed by atoms with Crippen molar-refractivity contribution >= 4 is 0 Å². The molecule has 0 spiro atoms. The maximum absolute atomic E-state index is 5.60. The first-order chi connectivity index (χ1) is 5.15. The van der Waals surface area contributed by atoms with E-state index in [-0.39, 0.29) is 0 Å². The van der Waals surface area contributed by atoms with Gasteiger partial charge in [-0.2, -0.15) is 0 Å².